The number of rotatable bonds is 5. The van der Waals surface area contributed by atoms with Crippen molar-refractivity contribution in [2.45, 2.75) is 0 Å². The van der Waals surface area contributed by atoms with Gasteiger partial charge in [-0.3, -0.25) is 0 Å². The minimum absolute atomic E-state index is 0.175. The molecular formula is C21H19O5P. The SMILES string of the molecule is COc1ccc(P(=O)(c2ccc(OC)cc2)c2ccc3c(c2)OCO3)cc1. The van der Waals surface area contributed by atoms with Crippen LogP contribution in [0.1, 0.15) is 0 Å². The van der Waals surface area contributed by atoms with Crippen LogP contribution in [0.4, 0.5) is 0 Å². The average molecular weight is 382 g/mol. The summed E-state index contributed by atoms with van der Waals surface area (Å²) in [5.41, 5.74) is 0. The van der Waals surface area contributed by atoms with Gasteiger partial charge in [0, 0.05) is 15.9 Å². The lowest BCUT2D eigenvalue weighted by atomic mass is 10.3. The monoisotopic (exact) mass is 382 g/mol. The second kappa shape index (κ2) is 7.01. The Morgan fingerprint density at radius 3 is 1.70 bits per heavy atom. The molecule has 1 heterocycles. The predicted octanol–water partition coefficient (Wildman–Crippen LogP) is 3.07. The Morgan fingerprint density at radius 2 is 1.19 bits per heavy atom. The third-order valence-corrected chi connectivity index (χ3v) is 7.65. The highest BCUT2D eigenvalue weighted by atomic mass is 31.2. The molecule has 6 heteroatoms. The minimum Gasteiger partial charge on any atom is -0.497 e. The molecule has 0 N–H and O–H groups in total. The lowest BCUT2D eigenvalue weighted by molar-refractivity contribution is 0.174. The molecule has 5 nitrogen and oxygen atoms in total. The summed E-state index contributed by atoms with van der Waals surface area (Å²) in [4.78, 5) is 0. The van der Waals surface area contributed by atoms with E-state index in [1.165, 1.54) is 0 Å². The molecule has 3 aromatic rings. The summed E-state index contributed by atoms with van der Waals surface area (Å²) in [7, 11) is 0.0981. The normalized spacial score (nSPS) is 12.7. The van der Waals surface area contributed by atoms with Crippen LogP contribution >= 0.6 is 7.14 Å². The van der Waals surface area contributed by atoms with Crippen LogP contribution in [0.15, 0.2) is 66.7 Å². The van der Waals surface area contributed by atoms with Gasteiger partial charge >= 0.3 is 0 Å². The fourth-order valence-electron chi connectivity index (χ4n) is 3.11. The van der Waals surface area contributed by atoms with E-state index in [0.29, 0.717) is 38.9 Å². The van der Waals surface area contributed by atoms with Crippen molar-refractivity contribution in [3.05, 3.63) is 66.7 Å². The largest absolute Gasteiger partial charge is 0.497 e. The number of fused-ring (bicyclic) bond motifs is 1. The highest BCUT2D eigenvalue weighted by molar-refractivity contribution is 7.85. The molecule has 0 aromatic heterocycles. The zero-order chi connectivity index (χ0) is 18.9. The second-order valence-electron chi connectivity index (χ2n) is 6.04. The summed E-state index contributed by atoms with van der Waals surface area (Å²) in [5, 5.41) is 2.11. The standard InChI is InChI=1S/C21H19O5P/c1-23-15-3-7-17(8-4-15)27(22,18-9-5-16(24-2)6-10-18)19-11-12-20-21(13-19)26-14-25-20/h3-13H,14H2,1-2H3. The topological polar surface area (TPSA) is 54.0 Å². The third-order valence-electron chi connectivity index (χ3n) is 4.59. The van der Waals surface area contributed by atoms with Crippen molar-refractivity contribution in [3.63, 3.8) is 0 Å². The predicted molar refractivity (Wildman–Crippen MR) is 105 cm³/mol. The van der Waals surface area contributed by atoms with E-state index in [-0.39, 0.29) is 6.79 Å². The molecule has 0 aliphatic carbocycles. The Hall–Kier alpha value is -2.91. The number of ether oxygens (including phenoxy) is 4. The summed E-state index contributed by atoms with van der Waals surface area (Å²) in [6, 6.07) is 20.1. The van der Waals surface area contributed by atoms with Crippen LogP contribution in [0.2, 0.25) is 0 Å². The molecule has 0 amide bonds. The first-order chi connectivity index (χ1) is 13.1. The third kappa shape index (κ3) is 3.04. The van der Waals surface area contributed by atoms with E-state index in [2.05, 4.69) is 0 Å². The van der Waals surface area contributed by atoms with Crippen molar-refractivity contribution in [3.8, 4) is 23.0 Å². The summed E-state index contributed by atoms with van der Waals surface area (Å²) in [6.07, 6.45) is 0. The van der Waals surface area contributed by atoms with E-state index in [1.807, 2.05) is 54.6 Å². The van der Waals surface area contributed by atoms with E-state index in [4.69, 9.17) is 18.9 Å². The smallest absolute Gasteiger partial charge is 0.231 e. The fraction of sp³-hybridized carbons (Fsp3) is 0.143. The molecule has 0 spiro atoms. The van der Waals surface area contributed by atoms with E-state index in [9.17, 15) is 4.57 Å². The molecule has 0 unspecified atom stereocenters. The molecule has 0 saturated carbocycles. The summed E-state index contributed by atoms with van der Waals surface area (Å²) in [5.74, 6) is 2.70. The molecule has 138 valence electrons. The Morgan fingerprint density at radius 1 is 0.704 bits per heavy atom. The van der Waals surface area contributed by atoms with Gasteiger partial charge in [-0.2, -0.15) is 0 Å². The molecule has 3 aromatic carbocycles. The van der Waals surface area contributed by atoms with Crippen molar-refractivity contribution in [2.24, 2.45) is 0 Å². The van der Waals surface area contributed by atoms with Gasteiger partial charge < -0.3 is 23.5 Å². The van der Waals surface area contributed by atoms with Gasteiger partial charge in [0.15, 0.2) is 18.6 Å². The van der Waals surface area contributed by atoms with E-state index >= 15 is 0 Å². The lowest BCUT2D eigenvalue weighted by Gasteiger charge is -2.20. The Kier molecular flexibility index (Phi) is 4.54. The Balaban J connectivity index is 1.89. The zero-order valence-electron chi connectivity index (χ0n) is 15.0. The molecule has 0 bridgehead atoms. The lowest BCUT2D eigenvalue weighted by Crippen LogP contribution is -2.25. The van der Waals surface area contributed by atoms with Crippen LogP contribution in [0.3, 0.4) is 0 Å². The number of benzene rings is 3. The van der Waals surface area contributed by atoms with Crippen molar-refractivity contribution in [1.29, 1.82) is 0 Å². The summed E-state index contributed by atoms with van der Waals surface area (Å²) in [6.45, 7) is 0.175. The van der Waals surface area contributed by atoms with Crippen molar-refractivity contribution in [1.82, 2.24) is 0 Å². The molecule has 1 aliphatic rings. The Labute approximate surface area is 157 Å². The van der Waals surface area contributed by atoms with Crippen molar-refractivity contribution >= 4 is 23.1 Å². The molecule has 27 heavy (non-hydrogen) atoms. The highest BCUT2D eigenvalue weighted by Gasteiger charge is 2.31. The highest BCUT2D eigenvalue weighted by Crippen LogP contribution is 2.45. The molecule has 0 radical (unpaired) electrons. The molecule has 4 rings (SSSR count). The van der Waals surface area contributed by atoms with Gasteiger partial charge in [-0.15, -0.1) is 0 Å². The van der Waals surface area contributed by atoms with Crippen molar-refractivity contribution < 1.29 is 23.5 Å². The first-order valence-electron chi connectivity index (χ1n) is 8.44. The molecule has 0 atom stereocenters. The first-order valence-corrected chi connectivity index (χ1v) is 10.2. The van der Waals surface area contributed by atoms with Gasteiger partial charge in [-0.1, -0.05) is 0 Å². The van der Waals surface area contributed by atoms with E-state index in [0.717, 1.165) is 0 Å². The van der Waals surface area contributed by atoms with Gasteiger partial charge in [-0.25, -0.2) is 0 Å². The van der Waals surface area contributed by atoms with Crippen LogP contribution in [0, 0.1) is 0 Å². The van der Waals surface area contributed by atoms with Crippen LogP contribution in [-0.4, -0.2) is 21.0 Å². The maximum Gasteiger partial charge on any atom is 0.231 e. The van der Waals surface area contributed by atoms with Crippen LogP contribution in [-0.2, 0) is 4.57 Å². The number of hydrogen-bond donors (Lipinski definition) is 0. The molecule has 0 fully saturated rings. The zero-order valence-corrected chi connectivity index (χ0v) is 15.9. The van der Waals surface area contributed by atoms with Crippen LogP contribution in [0.25, 0.3) is 0 Å². The summed E-state index contributed by atoms with van der Waals surface area (Å²) >= 11 is 0. The van der Waals surface area contributed by atoms with E-state index in [1.54, 1.807) is 26.4 Å². The maximum absolute atomic E-state index is 14.4. The molecular weight excluding hydrogens is 363 g/mol. The van der Waals surface area contributed by atoms with E-state index < -0.39 is 7.14 Å². The maximum atomic E-state index is 14.4. The van der Waals surface area contributed by atoms with Crippen LogP contribution in [0.5, 0.6) is 23.0 Å². The summed E-state index contributed by atoms with van der Waals surface area (Å²) < 4.78 is 35.8. The van der Waals surface area contributed by atoms with Crippen LogP contribution < -0.4 is 34.9 Å². The first kappa shape index (κ1) is 17.5. The second-order valence-corrected chi connectivity index (χ2v) is 8.81. The minimum atomic E-state index is -3.12. The average Bonchev–Trinajstić information content (AvgIpc) is 3.21. The van der Waals surface area contributed by atoms with Gasteiger partial charge in [0.05, 0.1) is 14.2 Å². The molecule has 1 aliphatic heterocycles. The van der Waals surface area contributed by atoms with Gasteiger partial charge in [-0.05, 0) is 66.7 Å². The van der Waals surface area contributed by atoms with Gasteiger partial charge in [0.2, 0.25) is 6.79 Å². The quantitative estimate of drug-likeness (QED) is 0.635. The van der Waals surface area contributed by atoms with Gasteiger partial charge in [0.1, 0.15) is 11.5 Å². The van der Waals surface area contributed by atoms with Gasteiger partial charge in [0.25, 0.3) is 0 Å². The number of methoxy groups -OCH3 is 2. The Bertz CT molecular complexity index is 945. The van der Waals surface area contributed by atoms with Crippen molar-refractivity contribution in [2.75, 3.05) is 21.0 Å². The fourth-order valence-corrected chi connectivity index (χ4v) is 5.73. The number of hydrogen-bond acceptors (Lipinski definition) is 5. The molecule has 0 saturated heterocycles.